The fraction of sp³-hybridized carbons (Fsp3) is 0.300. The summed E-state index contributed by atoms with van der Waals surface area (Å²) in [5, 5.41) is 12.6. The van der Waals surface area contributed by atoms with Crippen LogP contribution in [0.2, 0.25) is 0 Å². The first kappa shape index (κ1) is 14.7. The smallest absolute Gasteiger partial charge is 0.390 e. The van der Waals surface area contributed by atoms with Gasteiger partial charge in [-0.05, 0) is 6.07 Å². The standard InChI is InChI=1S/C10H10F3N3O3/c11-10(12,13)4-5-15-9(17)8-6(14)2-1-3-7(8)16(18)19/h1-3H,4-5,14H2,(H,15,17). The van der Waals surface area contributed by atoms with Gasteiger partial charge in [0.1, 0.15) is 5.56 Å². The summed E-state index contributed by atoms with van der Waals surface area (Å²) in [6.45, 7) is -0.673. The molecular formula is C10H10F3N3O3. The second-order valence-corrected chi connectivity index (χ2v) is 3.62. The number of nitrogens with zero attached hydrogens (tertiary/aromatic N) is 1. The largest absolute Gasteiger partial charge is 0.398 e. The van der Waals surface area contributed by atoms with Crippen LogP contribution in [-0.4, -0.2) is 23.6 Å². The van der Waals surface area contributed by atoms with Gasteiger partial charge < -0.3 is 11.1 Å². The number of nitrogens with one attached hydrogen (secondary N) is 1. The molecule has 0 radical (unpaired) electrons. The third-order valence-electron chi connectivity index (χ3n) is 2.19. The van der Waals surface area contributed by atoms with Crippen LogP contribution in [0.4, 0.5) is 24.5 Å². The fourth-order valence-electron chi connectivity index (χ4n) is 1.36. The number of nitrogen functional groups attached to an aromatic ring is 1. The lowest BCUT2D eigenvalue weighted by molar-refractivity contribution is -0.385. The Morgan fingerprint density at radius 2 is 2.05 bits per heavy atom. The van der Waals surface area contributed by atoms with Crippen molar-refractivity contribution in [3.05, 3.63) is 33.9 Å². The summed E-state index contributed by atoms with van der Waals surface area (Å²) in [6, 6.07) is 3.58. The van der Waals surface area contributed by atoms with Gasteiger partial charge in [-0.1, -0.05) is 6.07 Å². The average molecular weight is 277 g/mol. The van der Waals surface area contributed by atoms with Gasteiger partial charge in [0.2, 0.25) is 0 Å². The Hall–Kier alpha value is -2.32. The second kappa shape index (κ2) is 5.55. The lowest BCUT2D eigenvalue weighted by atomic mass is 10.1. The summed E-state index contributed by atoms with van der Waals surface area (Å²) >= 11 is 0. The summed E-state index contributed by atoms with van der Waals surface area (Å²) < 4.78 is 35.7. The number of rotatable bonds is 4. The van der Waals surface area contributed by atoms with E-state index in [2.05, 4.69) is 0 Å². The molecule has 6 nitrogen and oxygen atoms in total. The predicted octanol–water partition coefficient (Wildman–Crippen LogP) is 1.86. The molecule has 0 aliphatic carbocycles. The molecule has 0 spiro atoms. The molecule has 0 saturated heterocycles. The molecule has 0 saturated carbocycles. The minimum Gasteiger partial charge on any atom is -0.398 e. The highest BCUT2D eigenvalue weighted by Crippen LogP contribution is 2.24. The maximum atomic E-state index is 11.9. The number of amides is 1. The first-order valence-electron chi connectivity index (χ1n) is 5.10. The van der Waals surface area contributed by atoms with Crippen molar-refractivity contribution in [1.29, 1.82) is 0 Å². The van der Waals surface area contributed by atoms with E-state index in [1.54, 1.807) is 0 Å². The zero-order valence-corrected chi connectivity index (χ0v) is 9.53. The third-order valence-corrected chi connectivity index (χ3v) is 2.19. The highest BCUT2D eigenvalue weighted by atomic mass is 19.4. The number of hydrogen-bond donors (Lipinski definition) is 2. The second-order valence-electron chi connectivity index (χ2n) is 3.62. The number of nitro benzene ring substituents is 1. The van der Waals surface area contributed by atoms with Gasteiger partial charge in [-0.2, -0.15) is 13.2 Å². The van der Waals surface area contributed by atoms with E-state index in [1.165, 1.54) is 12.1 Å². The summed E-state index contributed by atoms with van der Waals surface area (Å²) in [7, 11) is 0. The van der Waals surface area contributed by atoms with E-state index in [0.29, 0.717) is 0 Å². The molecule has 0 aromatic heterocycles. The van der Waals surface area contributed by atoms with Crippen LogP contribution in [-0.2, 0) is 0 Å². The van der Waals surface area contributed by atoms with E-state index in [1.807, 2.05) is 5.32 Å². The molecule has 3 N–H and O–H groups in total. The van der Waals surface area contributed by atoms with Crippen LogP contribution in [0.25, 0.3) is 0 Å². The first-order valence-corrected chi connectivity index (χ1v) is 5.10. The monoisotopic (exact) mass is 277 g/mol. The SMILES string of the molecule is Nc1cccc([N+](=O)[O-])c1C(=O)NCCC(F)(F)F. The minimum atomic E-state index is -4.42. The molecule has 1 aromatic carbocycles. The van der Waals surface area contributed by atoms with E-state index in [9.17, 15) is 28.1 Å². The van der Waals surface area contributed by atoms with E-state index in [0.717, 1.165) is 6.07 Å². The summed E-state index contributed by atoms with van der Waals surface area (Å²) in [4.78, 5) is 21.5. The average Bonchev–Trinajstić information content (AvgIpc) is 2.26. The molecule has 1 rings (SSSR count). The van der Waals surface area contributed by atoms with Gasteiger partial charge in [0.25, 0.3) is 11.6 Å². The molecule has 9 heteroatoms. The van der Waals surface area contributed by atoms with Gasteiger partial charge in [0, 0.05) is 12.6 Å². The van der Waals surface area contributed by atoms with E-state index in [4.69, 9.17) is 5.73 Å². The Balaban J connectivity index is 2.85. The van der Waals surface area contributed by atoms with Crippen molar-refractivity contribution in [3.63, 3.8) is 0 Å². The van der Waals surface area contributed by atoms with Crippen molar-refractivity contribution in [2.75, 3.05) is 12.3 Å². The molecule has 0 aliphatic rings. The molecule has 19 heavy (non-hydrogen) atoms. The van der Waals surface area contributed by atoms with Gasteiger partial charge in [-0.25, -0.2) is 0 Å². The normalized spacial score (nSPS) is 11.1. The molecule has 1 aromatic rings. The van der Waals surface area contributed by atoms with Gasteiger partial charge in [0.05, 0.1) is 17.0 Å². The quantitative estimate of drug-likeness (QED) is 0.498. The van der Waals surface area contributed by atoms with Crippen LogP contribution in [0.3, 0.4) is 0 Å². The number of nitrogens with two attached hydrogens (primary N) is 1. The van der Waals surface area contributed by atoms with Gasteiger partial charge >= 0.3 is 6.18 Å². The highest BCUT2D eigenvalue weighted by Gasteiger charge is 2.28. The van der Waals surface area contributed by atoms with E-state index < -0.39 is 41.2 Å². The Morgan fingerprint density at radius 3 is 2.58 bits per heavy atom. The van der Waals surface area contributed by atoms with Crippen LogP contribution < -0.4 is 11.1 Å². The summed E-state index contributed by atoms with van der Waals surface area (Å²) in [5.74, 6) is -1.01. The third kappa shape index (κ3) is 4.12. The Morgan fingerprint density at radius 1 is 1.42 bits per heavy atom. The van der Waals surface area contributed by atoms with Crippen molar-refractivity contribution < 1.29 is 22.9 Å². The number of carbonyl (C=O) groups excluding carboxylic acids is 1. The molecule has 1 amide bonds. The molecule has 0 atom stereocenters. The first-order chi connectivity index (χ1) is 8.72. The van der Waals surface area contributed by atoms with E-state index in [-0.39, 0.29) is 5.69 Å². The number of benzene rings is 1. The van der Waals surface area contributed by atoms with Crippen LogP contribution in [0.1, 0.15) is 16.8 Å². The molecule has 0 aliphatic heterocycles. The zero-order chi connectivity index (χ0) is 14.6. The number of carbonyl (C=O) groups is 1. The lowest BCUT2D eigenvalue weighted by Crippen LogP contribution is -2.29. The predicted molar refractivity (Wildman–Crippen MR) is 60.5 cm³/mol. The molecule has 0 unspecified atom stereocenters. The maximum absolute atomic E-state index is 11.9. The molecule has 0 heterocycles. The van der Waals surface area contributed by atoms with Crippen molar-refractivity contribution >= 4 is 17.3 Å². The molecule has 104 valence electrons. The van der Waals surface area contributed by atoms with Crippen LogP contribution >= 0.6 is 0 Å². The zero-order valence-electron chi connectivity index (χ0n) is 9.53. The van der Waals surface area contributed by atoms with Crippen LogP contribution in [0, 0.1) is 10.1 Å². The lowest BCUT2D eigenvalue weighted by Gasteiger charge is -2.09. The number of alkyl halides is 3. The van der Waals surface area contributed by atoms with E-state index >= 15 is 0 Å². The Bertz CT molecular complexity index is 503. The fourth-order valence-corrected chi connectivity index (χ4v) is 1.36. The number of nitro groups is 1. The molecule has 0 bridgehead atoms. The molecular weight excluding hydrogens is 267 g/mol. The van der Waals surface area contributed by atoms with Crippen molar-refractivity contribution in [3.8, 4) is 0 Å². The van der Waals surface area contributed by atoms with Crippen LogP contribution in [0.5, 0.6) is 0 Å². The van der Waals surface area contributed by atoms with Crippen LogP contribution in [0.15, 0.2) is 18.2 Å². The number of halogens is 3. The van der Waals surface area contributed by atoms with Gasteiger partial charge in [0.15, 0.2) is 0 Å². The summed E-state index contributed by atoms with van der Waals surface area (Å²) in [5.41, 5.74) is 4.28. The number of hydrogen-bond acceptors (Lipinski definition) is 4. The number of anilines is 1. The maximum Gasteiger partial charge on any atom is 0.390 e. The highest BCUT2D eigenvalue weighted by molar-refractivity contribution is 6.03. The minimum absolute atomic E-state index is 0.168. The van der Waals surface area contributed by atoms with Gasteiger partial charge in [-0.3, -0.25) is 14.9 Å². The Kier molecular flexibility index (Phi) is 4.30. The van der Waals surface area contributed by atoms with Crippen molar-refractivity contribution in [1.82, 2.24) is 5.32 Å². The van der Waals surface area contributed by atoms with Crippen molar-refractivity contribution in [2.24, 2.45) is 0 Å². The van der Waals surface area contributed by atoms with Gasteiger partial charge in [-0.15, -0.1) is 0 Å². The Labute approximate surface area is 105 Å². The topological polar surface area (TPSA) is 98.3 Å². The molecule has 0 fully saturated rings. The van der Waals surface area contributed by atoms with Crippen molar-refractivity contribution in [2.45, 2.75) is 12.6 Å². The summed E-state index contributed by atoms with van der Waals surface area (Å²) in [6.07, 6.45) is -5.64.